The van der Waals surface area contributed by atoms with Gasteiger partial charge in [-0.1, -0.05) is 35.4 Å². The Morgan fingerprint density at radius 3 is 2.48 bits per heavy atom. The maximum Gasteiger partial charge on any atom is 0.244 e. The minimum absolute atomic E-state index is 0.0321. The number of aryl methyl sites for hydroxylation is 2. The second kappa shape index (κ2) is 6.91. The summed E-state index contributed by atoms with van der Waals surface area (Å²) in [6.07, 6.45) is 0. The van der Waals surface area contributed by atoms with Crippen LogP contribution in [0.5, 0.6) is 5.75 Å². The molecular weight excluding hydrogens is 334 g/mol. The minimum Gasteiger partial charge on any atom is -0.495 e. The number of rotatable bonds is 5. The van der Waals surface area contributed by atoms with Gasteiger partial charge in [-0.15, -0.1) is 0 Å². The lowest BCUT2D eigenvalue weighted by Gasteiger charge is -2.18. The Balaban J connectivity index is 2.38. The van der Waals surface area contributed by atoms with Gasteiger partial charge in [-0.25, -0.2) is 13.1 Å². The summed E-state index contributed by atoms with van der Waals surface area (Å²) in [5, 5.41) is 0.338. The molecule has 0 heterocycles. The summed E-state index contributed by atoms with van der Waals surface area (Å²) in [6, 6.07) is 10.1. The van der Waals surface area contributed by atoms with Crippen LogP contribution in [0.1, 0.15) is 29.7 Å². The fraction of sp³-hybridized carbons (Fsp3) is 0.294. The van der Waals surface area contributed by atoms with Gasteiger partial charge in [-0.3, -0.25) is 0 Å². The highest BCUT2D eigenvalue weighted by atomic mass is 35.5. The Kier molecular flexibility index (Phi) is 5.34. The van der Waals surface area contributed by atoms with Gasteiger partial charge in [-0.2, -0.15) is 0 Å². The van der Waals surface area contributed by atoms with E-state index in [0.29, 0.717) is 5.02 Å². The Bertz CT molecular complexity index is 819. The molecule has 1 atom stereocenters. The van der Waals surface area contributed by atoms with Crippen LogP contribution in [0.2, 0.25) is 5.02 Å². The number of halogens is 1. The smallest absolute Gasteiger partial charge is 0.244 e. The first-order chi connectivity index (χ1) is 10.7. The van der Waals surface area contributed by atoms with Gasteiger partial charge >= 0.3 is 0 Å². The molecule has 0 saturated heterocycles. The largest absolute Gasteiger partial charge is 0.495 e. The number of ether oxygens (including phenoxy) is 1. The summed E-state index contributed by atoms with van der Waals surface area (Å²) >= 11 is 5.93. The van der Waals surface area contributed by atoms with Crippen molar-refractivity contribution in [2.75, 3.05) is 7.11 Å². The van der Waals surface area contributed by atoms with Crippen LogP contribution in [0.3, 0.4) is 0 Å². The van der Waals surface area contributed by atoms with E-state index in [1.807, 2.05) is 39.0 Å². The van der Waals surface area contributed by atoms with Crippen LogP contribution < -0.4 is 9.46 Å². The van der Waals surface area contributed by atoms with Gasteiger partial charge in [0.25, 0.3) is 0 Å². The molecule has 0 radical (unpaired) electrons. The SMILES string of the molecule is COc1ccc(Cl)cc1S(=O)(=O)N[C@@H](C)c1cc(C)ccc1C. The third kappa shape index (κ3) is 4.05. The highest BCUT2D eigenvalue weighted by molar-refractivity contribution is 7.89. The molecule has 0 aliphatic rings. The van der Waals surface area contributed by atoms with Crippen molar-refractivity contribution in [3.8, 4) is 5.75 Å². The van der Waals surface area contributed by atoms with Gasteiger partial charge in [0.2, 0.25) is 10.0 Å². The van der Waals surface area contributed by atoms with E-state index < -0.39 is 10.0 Å². The van der Waals surface area contributed by atoms with Crippen molar-refractivity contribution in [2.45, 2.75) is 31.7 Å². The third-order valence-electron chi connectivity index (χ3n) is 3.65. The van der Waals surface area contributed by atoms with Crippen LogP contribution in [0.4, 0.5) is 0 Å². The highest BCUT2D eigenvalue weighted by Crippen LogP contribution is 2.29. The van der Waals surface area contributed by atoms with E-state index in [2.05, 4.69) is 4.72 Å². The maximum absolute atomic E-state index is 12.7. The van der Waals surface area contributed by atoms with Gasteiger partial charge in [0.15, 0.2) is 0 Å². The molecule has 0 fully saturated rings. The first-order valence-corrected chi connectivity index (χ1v) is 9.03. The van der Waals surface area contributed by atoms with E-state index in [1.54, 1.807) is 12.1 Å². The van der Waals surface area contributed by atoms with Crippen molar-refractivity contribution in [1.29, 1.82) is 0 Å². The van der Waals surface area contributed by atoms with Gasteiger partial charge in [0.05, 0.1) is 7.11 Å². The summed E-state index contributed by atoms with van der Waals surface area (Å²) in [5.74, 6) is 0.259. The molecule has 1 N–H and O–H groups in total. The fourth-order valence-corrected chi connectivity index (χ4v) is 4.10. The molecule has 2 rings (SSSR count). The van der Waals surface area contributed by atoms with Gasteiger partial charge in [-0.05, 0) is 50.1 Å². The molecule has 0 spiro atoms. The first-order valence-electron chi connectivity index (χ1n) is 7.17. The summed E-state index contributed by atoms with van der Waals surface area (Å²) in [7, 11) is -2.33. The zero-order chi connectivity index (χ0) is 17.2. The second-order valence-electron chi connectivity index (χ2n) is 5.50. The first kappa shape index (κ1) is 17.8. The zero-order valence-corrected chi connectivity index (χ0v) is 15.1. The van der Waals surface area contributed by atoms with Crippen LogP contribution in [0.15, 0.2) is 41.3 Å². The van der Waals surface area contributed by atoms with Gasteiger partial charge in [0.1, 0.15) is 10.6 Å². The molecule has 0 unspecified atom stereocenters. The molecule has 6 heteroatoms. The molecule has 2 aromatic rings. The van der Waals surface area contributed by atoms with E-state index in [0.717, 1.165) is 16.7 Å². The Hall–Kier alpha value is -1.56. The average molecular weight is 354 g/mol. The molecule has 4 nitrogen and oxygen atoms in total. The topological polar surface area (TPSA) is 55.4 Å². The highest BCUT2D eigenvalue weighted by Gasteiger charge is 2.23. The summed E-state index contributed by atoms with van der Waals surface area (Å²) in [6.45, 7) is 5.75. The van der Waals surface area contributed by atoms with E-state index in [9.17, 15) is 8.42 Å². The van der Waals surface area contributed by atoms with Gasteiger partial charge in [0, 0.05) is 11.1 Å². The molecule has 0 saturated carbocycles. The van der Waals surface area contributed by atoms with Crippen molar-refractivity contribution in [1.82, 2.24) is 4.72 Å². The Morgan fingerprint density at radius 1 is 1.13 bits per heavy atom. The van der Waals surface area contributed by atoms with Crippen molar-refractivity contribution >= 4 is 21.6 Å². The lowest BCUT2D eigenvalue weighted by atomic mass is 10.0. The van der Waals surface area contributed by atoms with Crippen LogP contribution in [-0.4, -0.2) is 15.5 Å². The number of benzene rings is 2. The molecular formula is C17H20ClNO3S. The molecule has 124 valence electrons. The number of methoxy groups -OCH3 is 1. The standard InChI is InChI=1S/C17H20ClNO3S/c1-11-5-6-12(2)15(9-11)13(3)19-23(20,21)17-10-14(18)7-8-16(17)22-4/h5-10,13,19H,1-4H3/t13-/m0/s1. The van der Waals surface area contributed by atoms with Crippen molar-refractivity contribution < 1.29 is 13.2 Å². The molecule has 2 aromatic carbocycles. The van der Waals surface area contributed by atoms with E-state index >= 15 is 0 Å². The van der Waals surface area contributed by atoms with Crippen molar-refractivity contribution in [3.05, 3.63) is 58.1 Å². The normalized spacial score (nSPS) is 12.9. The van der Waals surface area contributed by atoms with Crippen LogP contribution >= 0.6 is 11.6 Å². The molecule has 0 aromatic heterocycles. The predicted octanol–water partition coefficient (Wildman–Crippen LogP) is 4.00. The Labute approximate surface area is 142 Å². The molecule has 0 aliphatic carbocycles. The molecule has 0 aliphatic heterocycles. The number of hydrogen-bond donors (Lipinski definition) is 1. The van der Waals surface area contributed by atoms with E-state index in [4.69, 9.17) is 16.3 Å². The second-order valence-corrected chi connectivity index (χ2v) is 7.62. The molecule has 23 heavy (non-hydrogen) atoms. The van der Waals surface area contributed by atoms with Crippen molar-refractivity contribution in [2.24, 2.45) is 0 Å². The quantitative estimate of drug-likeness (QED) is 0.883. The number of nitrogens with one attached hydrogen (secondary N) is 1. The molecule has 0 amide bonds. The number of sulfonamides is 1. The van der Waals surface area contributed by atoms with Crippen LogP contribution in [0, 0.1) is 13.8 Å². The van der Waals surface area contributed by atoms with Crippen LogP contribution in [-0.2, 0) is 10.0 Å². The zero-order valence-electron chi connectivity index (χ0n) is 13.6. The summed E-state index contributed by atoms with van der Waals surface area (Å²) < 4.78 is 33.2. The van der Waals surface area contributed by atoms with E-state index in [1.165, 1.54) is 13.2 Å². The average Bonchev–Trinajstić information content (AvgIpc) is 2.49. The third-order valence-corrected chi connectivity index (χ3v) is 5.45. The number of hydrogen-bond acceptors (Lipinski definition) is 3. The van der Waals surface area contributed by atoms with E-state index in [-0.39, 0.29) is 16.7 Å². The predicted molar refractivity (Wildman–Crippen MR) is 92.7 cm³/mol. The lowest BCUT2D eigenvalue weighted by molar-refractivity contribution is 0.402. The minimum atomic E-state index is -3.76. The monoisotopic (exact) mass is 353 g/mol. The summed E-state index contributed by atoms with van der Waals surface area (Å²) in [4.78, 5) is 0.0321. The fourth-order valence-electron chi connectivity index (χ4n) is 2.45. The van der Waals surface area contributed by atoms with Gasteiger partial charge < -0.3 is 4.74 Å². The molecule has 0 bridgehead atoms. The maximum atomic E-state index is 12.7. The van der Waals surface area contributed by atoms with Crippen LogP contribution in [0.25, 0.3) is 0 Å². The summed E-state index contributed by atoms with van der Waals surface area (Å²) in [5.41, 5.74) is 3.05. The Morgan fingerprint density at radius 2 is 1.83 bits per heavy atom. The lowest BCUT2D eigenvalue weighted by Crippen LogP contribution is -2.27. The van der Waals surface area contributed by atoms with Crippen molar-refractivity contribution in [3.63, 3.8) is 0 Å².